The Morgan fingerprint density at radius 1 is 1.21 bits per heavy atom. The van der Waals surface area contributed by atoms with Gasteiger partial charge in [-0.25, -0.2) is 4.39 Å². The van der Waals surface area contributed by atoms with Gasteiger partial charge in [0.25, 0.3) is 5.91 Å². The van der Waals surface area contributed by atoms with E-state index in [1.165, 1.54) is 49.3 Å². The van der Waals surface area contributed by atoms with E-state index in [-0.39, 0.29) is 27.7 Å². The summed E-state index contributed by atoms with van der Waals surface area (Å²) in [6.07, 6.45) is 1.35. The first kappa shape index (κ1) is 19.2. The Bertz CT molecular complexity index is 1040. The summed E-state index contributed by atoms with van der Waals surface area (Å²) >= 11 is 6.25. The molecule has 0 fully saturated rings. The topological polar surface area (TPSA) is 111 Å². The molecule has 9 nitrogen and oxygen atoms in total. The summed E-state index contributed by atoms with van der Waals surface area (Å²) < 4.78 is 20.4. The molecule has 0 aliphatic carbocycles. The van der Waals surface area contributed by atoms with Crippen LogP contribution in [0.3, 0.4) is 0 Å². The molecular weight excluding hydrogens is 391 g/mol. The van der Waals surface area contributed by atoms with Gasteiger partial charge in [-0.2, -0.15) is 4.68 Å². The predicted molar refractivity (Wildman–Crippen MR) is 99.4 cm³/mol. The molecule has 28 heavy (non-hydrogen) atoms. The minimum atomic E-state index is -0.625. The van der Waals surface area contributed by atoms with Gasteiger partial charge in [-0.3, -0.25) is 9.59 Å². The third kappa shape index (κ3) is 4.07. The summed E-state index contributed by atoms with van der Waals surface area (Å²) in [4.78, 5) is 23.8. The Hall–Kier alpha value is -3.53. The van der Waals surface area contributed by atoms with Crippen LogP contribution in [0.5, 0.6) is 5.75 Å². The molecule has 2 aromatic carbocycles. The highest BCUT2D eigenvalue weighted by Gasteiger charge is 2.18. The van der Waals surface area contributed by atoms with Crippen LogP contribution < -0.4 is 15.4 Å². The van der Waals surface area contributed by atoms with E-state index >= 15 is 0 Å². The predicted octanol–water partition coefficient (Wildman–Crippen LogP) is 2.67. The molecule has 2 N–H and O–H groups in total. The molecule has 0 aliphatic rings. The van der Waals surface area contributed by atoms with Crippen molar-refractivity contribution in [3.63, 3.8) is 0 Å². The molecule has 3 rings (SSSR count). The second-order valence-corrected chi connectivity index (χ2v) is 6.00. The zero-order chi connectivity index (χ0) is 20.3. The largest absolute Gasteiger partial charge is 0.496 e. The van der Waals surface area contributed by atoms with E-state index in [2.05, 4.69) is 26.2 Å². The Morgan fingerprint density at radius 3 is 2.64 bits per heavy atom. The summed E-state index contributed by atoms with van der Waals surface area (Å²) in [6.45, 7) is 1.25. The molecule has 3 aromatic rings. The average Bonchev–Trinajstić information content (AvgIpc) is 3.18. The number of carbonyl (C=O) groups is 2. The number of methoxy groups -OCH3 is 1. The van der Waals surface area contributed by atoms with E-state index in [0.717, 1.165) is 6.07 Å². The number of nitrogens with zero attached hydrogens (tertiary/aromatic N) is 4. The maximum absolute atomic E-state index is 13.8. The molecule has 2 amide bonds. The minimum Gasteiger partial charge on any atom is -0.496 e. The van der Waals surface area contributed by atoms with Gasteiger partial charge in [0.2, 0.25) is 5.91 Å². The van der Waals surface area contributed by atoms with Gasteiger partial charge >= 0.3 is 0 Å². The van der Waals surface area contributed by atoms with E-state index in [4.69, 9.17) is 16.3 Å². The Balaban J connectivity index is 1.90. The molecule has 11 heteroatoms. The van der Waals surface area contributed by atoms with Crippen molar-refractivity contribution in [3.8, 4) is 11.4 Å². The van der Waals surface area contributed by atoms with Crippen molar-refractivity contribution < 1.29 is 18.7 Å². The van der Waals surface area contributed by atoms with Gasteiger partial charge < -0.3 is 15.4 Å². The lowest BCUT2D eigenvalue weighted by atomic mass is 10.1. The van der Waals surface area contributed by atoms with Gasteiger partial charge in [0.15, 0.2) is 0 Å². The first-order chi connectivity index (χ1) is 13.4. The number of benzene rings is 2. The van der Waals surface area contributed by atoms with Crippen LogP contribution in [0, 0.1) is 5.82 Å². The molecular formula is C17H14ClFN6O3. The van der Waals surface area contributed by atoms with Crippen LogP contribution in [-0.4, -0.2) is 39.1 Å². The van der Waals surface area contributed by atoms with E-state index < -0.39 is 17.6 Å². The fourth-order valence-electron chi connectivity index (χ4n) is 2.42. The van der Waals surface area contributed by atoms with Crippen LogP contribution in [-0.2, 0) is 4.79 Å². The van der Waals surface area contributed by atoms with Gasteiger partial charge in [-0.1, -0.05) is 11.6 Å². The lowest BCUT2D eigenvalue weighted by Crippen LogP contribution is -2.15. The van der Waals surface area contributed by atoms with Crippen LogP contribution >= 0.6 is 11.6 Å². The molecule has 0 atom stereocenters. The number of amides is 2. The monoisotopic (exact) mass is 404 g/mol. The number of hydrogen-bond acceptors (Lipinski definition) is 6. The minimum absolute atomic E-state index is 0.0515. The van der Waals surface area contributed by atoms with Crippen molar-refractivity contribution >= 4 is 34.8 Å². The van der Waals surface area contributed by atoms with E-state index in [0.29, 0.717) is 5.69 Å². The summed E-state index contributed by atoms with van der Waals surface area (Å²) in [5.41, 5.74) is 0.798. The third-order valence-electron chi connectivity index (χ3n) is 3.64. The normalized spacial score (nSPS) is 10.4. The summed E-state index contributed by atoms with van der Waals surface area (Å²) in [5.74, 6) is -1.37. The number of anilines is 2. The van der Waals surface area contributed by atoms with Crippen LogP contribution in [0.25, 0.3) is 5.69 Å². The van der Waals surface area contributed by atoms with Crippen molar-refractivity contribution in [3.05, 3.63) is 53.1 Å². The number of nitrogens with one attached hydrogen (secondary N) is 2. The molecule has 144 valence electrons. The zero-order valence-corrected chi connectivity index (χ0v) is 15.5. The van der Waals surface area contributed by atoms with Crippen molar-refractivity contribution in [1.82, 2.24) is 20.2 Å². The SMILES string of the molecule is COc1cc(-n2cnnn2)c(Cl)cc1C(=O)Nc1ccc(F)c(NC(C)=O)c1. The van der Waals surface area contributed by atoms with Gasteiger partial charge in [0.1, 0.15) is 17.9 Å². The second-order valence-electron chi connectivity index (χ2n) is 5.59. The van der Waals surface area contributed by atoms with E-state index in [1.807, 2.05) is 0 Å². The Labute approximate surface area is 163 Å². The molecule has 0 bridgehead atoms. The highest BCUT2D eigenvalue weighted by atomic mass is 35.5. The third-order valence-corrected chi connectivity index (χ3v) is 3.95. The Morgan fingerprint density at radius 2 is 2.00 bits per heavy atom. The molecule has 1 heterocycles. The maximum atomic E-state index is 13.8. The lowest BCUT2D eigenvalue weighted by Gasteiger charge is -2.13. The second kappa shape index (κ2) is 8.01. The zero-order valence-electron chi connectivity index (χ0n) is 14.7. The van der Waals surface area contributed by atoms with E-state index in [9.17, 15) is 14.0 Å². The highest BCUT2D eigenvalue weighted by Crippen LogP contribution is 2.30. The number of halogens is 2. The molecule has 0 saturated carbocycles. The van der Waals surface area contributed by atoms with E-state index in [1.54, 1.807) is 0 Å². The van der Waals surface area contributed by atoms with Crippen molar-refractivity contribution in [2.24, 2.45) is 0 Å². The fourth-order valence-corrected chi connectivity index (χ4v) is 2.67. The molecule has 0 aliphatic heterocycles. The Kier molecular flexibility index (Phi) is 5.50. The molecule has 0 radical (unpaired) electrons. The summed E-state index contributed by atoms with van der Waals surface area (Å²) in [5, 5.41) is 16.0. The van der Waals surface area contributed by atoms with Gasteiger partial charge in [0, 0.05) is 18.7 Å². The van der Waals surface area contributed by atoms with Crippen LogP contribution in [0.15, 0.2) is 36.7 Å². The fraction of sp³-hybridized carbons (Fsp3) is 0.118. The quantitative estimate of drug-likeness (QED) is 0.676. The van der Waals surface area contributed by atoms with Crippen LogP contribution in [0.1, 0.15) is 17.3 Å². The molecule has 0 unspecified atom stereocenters. The molecule has 0 saturated heterocycles. The summed E-state index contributed by atoms with van der Waals surface area (Å²) in [6, 6.07) is 6.72. The highest BCUT2D eigenvalue weighted by molar-refractivity contribution is 6.33. The smallest absolute Gasteiger partial charge is 0.259 e. The first-order valence-electron chi connectivity index (χ1n) is 7.88. The lowest BCUT2D eigenvalue weighted by molar-refractivity contribution is -0.114. The molecule has 0 spiro atoms. The molecule has 1 aromatic heterocycles. The number of aromatic nitrogens is 4. The number of ether oxygens (including phenoxy) is 1. The van der Waals surface area contributed by atoms with Crippen LogP contribution in [0.4, 0.5) is 15.8 Å². The maximum Gasteiger partial charge on any atom is 0.259 e. The van der Waals surface area contributed by atoms with Crippen LogP contribution in [0.2, 0.25) is 5.02 Å². The average molecular weight is 405 g/mol. The number of hydrogen-bond donors (Lipinski definition) is 2. The number of rotatable bonds is 5. The number of tetrazole rings is 1. The first-order valence-corrected chi connectivity index (χ1v) is 8.26. The standard InChI is InChI=1S/C17H14ClFN6O3/c1-9(26)21-14-5-10(3-4-13(14)19)22-17(27)11-6-12(18)15(7-16(11)28-2)25-8-20-23-24-25/h3-8H,1-2H3,(H,21,26)(H,22,27). The van der Waals surface area contributed by atoms with Gasteiger partial charge in [-0.15, -0.1) is 5.10 Å². The van der Waals surface area contributed by atoms with Gasteiger partial charge in [0.05, 0.1) is 29.1 Å². The van der Waals surface area contributed by atoms with Crippen molar-refractivity contribution in [1.29, 1.82) is 0 Å². The number of carbonyl (C=O) groups excluding carboxylic acids is 2. The van der Waals surface area contributed by atoms with Crippen molar-refractivity contribution in [2.45, 2.75) is 6.92 Å². The summed E-state index contributed by atoms with van der Waals surface area (Å²) in [7, 11) is 1.40. The van der Waals surface area contributed by atoms with Gasteiger partial charge in [-0.05, 0) is 34.7 Å². The van der Waals surface area contributed by atoms with Crippen molar-refractivity contribution in [2.75, 3.05) is 17.7 Å².